The number of carboxylic acids is 1. The van der Waals surface area contributed by atoms with Gasteiger partial charge >= 0.3 is 12.0 Å². The van der Waals surface area contributed by atoms with Crippen LogP contribution in [0.1, 0.15) is 32.8 Å². The van der Waals surface area contributed by atoms with Crippen LogP contribution in [0, 0.1) is 5.92 Å². The van der Waals surface area contributed by atoms with Crippen LogP contribution in [0.4, 0.5) is 10.5 Å². The minimum absolute atomic E-state index is 0.0570. The molecule has 21 heavy (non-hydrogen) atoms. The van der Waals surface area contributed by atoms with E-state index >= 15 is 0 Å². The van der Waals surface area contributed by atoms with E-state index in [0.717, 1.165) is 24.1 Å². The Hall–Kier alpha value is -2.04. The fourth-order valence-electron chi connectivity index (χ4n) is 2.71. The zero-order valence-electron chi connectivity index (χ0n) is 12.7. The summed E-state index contributed by atoms with van der Waals surface area (Å²) >= 11 is 0. The van der Waals surface area contributed by atoms with E-state index in [4.69, 9.17) is 0 Å². The van der Waals surface area contributed by atoms with Crippen molar-refractivity contribution >= 4 is 17.7 Å². The predicted molar refractivity (Wildman–Crippen MR) is 81.5 cm³/mol. The van der Waals surface area contributed by atoms with E-state index < -0.39 is 12.0 Å². The predicted octanol–water partition coefficient (Wildman–Crippen LogP) is 2.65. The standard InChI is InChI=1S/C16H22N2O3/c1-10(2)14(15(19)20)17-16(21)18-11(3)8-9-12-6-4-5-7-13(12)18/h4-7,10-11,14H,8-9H2,1-3H3,(H,17,21)(H,19,20)/t11?,14-/m1/s1. The van der Waals surface area contributed by atoms with Crippen molar-refractivity contribution in [2.45, 2.75) is 45.7 Å². The zero-order chi connectivity index (χ0) is 15.6. The average molecular weight is 290 g/mol. The van der Waals surface area contributed by atoms with Crippen LogP contribution in [-0.2, 0) is 11.2 Å². The Labute approximate surface area is 125 Å². The minimum Gasteiger partial charge on any atom is -0.480 e. The van der Waals surface area contributed by atoms with Crippen molar-refractivity contribution in [1.29, 1.82) is 0 Å². The van der Waals surface area contributed by atoms with Crippen molar-refractivity contribution in [3.05, 3.63) is 29.8 Å². The first-order valence-corrected chi connectivity index (χ1v) is 7.32. The van der Waals surface area contributed by atoms with Crippen LogP contribution in [0.3, 0.4) is 0 Å². The van der Waals surface area contributed by atoms with Gasteiger partial charge < -0.3 is 10.4 Å². The largest absolute Gasteiger partial charge is 0.480 e. The minimum atomic E-state index is -1.00. The Morgan fingerprint density at radius 1 is 1.33 bits per heavy atom. The van der Waals surface area contributed by atoms with Gasteiger partial charge in [-0.1, -0.05) is 32.0 Å². The van der Waals surface area contributed by atoms with Gasteiger partial charge in [0.25, 0.3) is 0 Å². The Morgan fingerprint density at radius 2 is 2.00 bits per heavy atom. The van der Waals surface area contributed by atoms with Gasteiger partial charge in [-0.25, -0.2) is 9.59 Å². The third kappa shape index (κ3) is 3.17. The van der Waals surface area contributed by atoms with Crippen molar-refractivity contribution in [3.8, 4) is 0 Å². The highest BCUT2D eigenvalue weighted by Crippen LogP contribution is 2.30. The summed E-state index contributed by atoms with van der Waals surface area (Å²) in [5.41, 5.74) is 2.00. The lowest BCUT2D eigenvalue weighted by Crippen LogP contribution is -2.53. The molecule has 114 valence electrons. The number of rotatable bonds is 3. The molecule has 2 rings (SSSR count). The first kappa shape index (κ1) is 15.4. The molecule has 1 aromatic rings. The Balaban J connectivity index is 2.24. The molecule has 1 unspecified atom stereocenters. The maximum absolute atomic E-state index is 12.5. The SMILES string of the molecule is CC(C)[C@@H](NC(=O)N1c2ccccc2CCC1C)C(=O)O. The number of hydrogen-bond donors (Lipinski definition) is 2. The molecule has 0 spiro atoms. The molecule has 1 heterocycles. The van der Waals surface area contributed by atoms with E-state index in [1.54, 1.807) is 18.7 Å². The molecule has 0 saturated carbocycles. The summed E-state index contributed by atoms with van der Waals surface area (Å²) in [6.45, 7) is 5.56. The highest BCUT2D eigenvalue weighted by atomic mass is 16.4. The summed E-state index contributed by atoms with van der Waals surface area (Å²) in [7, 11) is 0. The highest BCUT2D eigenvalue weighted by molar-refractivity contribution is 5.96. The lowest BCUT2D eigenvalue weighted by atomic mass is 9.97. The third-order valence-corrected chi connectivity index (χ3v) is 3.95. The molecule has 0 saturated heterocycles. The van der Waals surface area contributed by atoms with Crippen LogP contribution in [0.25, 0.3) is 0 Å². The summed E-state index contributed by atoms with van der Waals surface area (Å²) in [6.07, 6.45) is 1.82. The first-order chi connectivity index (χ1) is 9.91. The van der Waals surface area contributed by atoms with Crippen LogP contribution in [-0.4, -0.2) is 29.2 Å². The molecule has 0 aromatic heterocycles. The van der Waals surface area contributed by atoms with E-state index in [1.807, 2.05) is 31.2 Å². The second-order valence-corrected chi connectivity index (χ2v) is 5.90. The molecular formula is C16H22N2O3. The number of nitrogens with zero attached hydrogens (tertiary/aromatic N) is 1. The number of anilines is 1. The molecule has 1 aliphatic rings. The fraction of sp³-hybridized carbons (Fsp3) is 0.500. The lowest BCUT2D eigenvalue weighted by Gasteiger charge is -2.36. The maximum Gasteiger partial charge on any atom is 0.326 e. The molecule has 0 fully saturated rings. The number of amides is 2. The molecule has 2 N–H and O–H groups in total. The summed E-state index contributed by atoms with van der Waals surface area (Å²) < 4.78 is 0. The second-order valence-electron chi connectivity index (χ2n) is 5.90. The summed E-state index contributed by atoms with van der Waals surface area (Å²) in [5.74, 6) is -1.17. The molecule has 5 heteroatoms. The van der Waals surface area contributed by atoms with Crippen LogP contribution in [0.5, 0.6) is 0 Å². The molecule has 2 atom stereocenters. The van der Waals surface area contributed by atoms with E-state index in [2.05, 4.69) is 5.32 Å². The monoisotopic (exact) mass is 290 g/mol. The van der Waals surface area contributed by atoms with Gasteiger partial charge in [0.2, 0.25) is 0 Å². The number of carbonyl (C=O) groups excluding carboxylic acids is 1. The number of nitrogens with one attached hydrogen (secondary N) is 1. The zero-order valence-corrected chi connectivity index (χ0v) is 12.7. The van der Waals surface area contributed by atoms with Crippen LogP contribution in [0.15, 0.2) is 24.3 Å². The van der Waals surface area contributed by atoms with Gasteiger partial charge in [-0.2, -0.15) is 0 Å². The number of urea groups is 1. The molecule has 1 aromatic carbocycles. The molecule has 0 bridgehead atoms. The molecule has 0 radical (unpaired) electrons. The summed E-state index contributed by atoms with van der Waals surface area (Å²) in [6, 6.07) is 6.62. The Bertz CT molecular complexity index is 542. The molecule has 5 nitrogen and oxygen atoms in total. The molecular weight excluding hydrogens is 268 g/mol. The number of benzene rings is 1. The summed E-state index contributed by atoms with van der Waals surface area (Å²) in [4.78, 5) is 25.5. The van der Waals surface area contributed by atoms with E-state index in [1.165, 1.54) is 0 Å². The number of aryl methyl sites for hydroxylation is 1. The van der Waals surface area contributed by atoms with Crippen molar-refractivity contribution in [1.82, 2.24) is 5.32 Å². The third-order valence-electron chi connectivity index (χ3n) is 3.95. The van der Waals surface area contributed by atoms with Gasteiger partial charge in [-0.3, -0.25) is 4.90 Å². The molecule has 0 aliphatic carbocycles. The van der Waals surface area contributed by atoms with Gasteiger partial charge in [0.15, 0.2) is 0 Å². The van der Waals surface area contributed by atoms with Crippen molar-refractivity contribution in [3.63, 3.8) is 0 Å². The normalized spacial score (nSPS) is 19.0. The van der Waals surface area contributed by atoms with Crippen LogP contribution in [0.2, 0.25) is 0 Å². The fourth-order valence-corrected chi connectivity index (χ4v) is 2.71. The molecule has 1 aliphatic heterocycles. The number of hydrogen-bond acceptors (Lipinski definition) is 2. The van der Waals surface area contributed by atoms with Crippen molar-refractivity contribution < 1.29 is 14.7 Å². The first-order valence-electron chi connectivity index (χ1n) is 7.32. The second kappa shape index (κ2) is 6.16. The van der Waals surface area contributed by atoms with Gasteiger partial charge in [0.1, 0.15) is 6.04 Å². The number of aliphatic carboxylic acids is 1. The highest BCUT2D eigenvalue weighted by Gasteiger charge is 2.31. The summed E-state index contributed by atoms with van der Waals surface area (Å²) in [5, 5.41) is 11.9. The Kier molecular flexibility index (Phi) is 4.50. The number of para-hydroxylation sites is 1. The van der Waals surface area contributed by atoms with E-state index in [-0.39, 0.29) is 18.0 Å². The average Bonchev–Trinajstić information content (AvgIpc) is 2.43. The van der Waals surface area contributed by atoms with Crippen molar-refractivity contribution in [2.75, 3.05) is 4.90 Å². The number of fused-ring (bicyclic) bond motifs is 1. The topological polar surface area (TPSA) is 69.6 Å². The number of carbonyl (C=O) groups is 2. The van der Waals surface area contributed by atoms with E-state index in [0.29, 0.717) is 0 Å². The quantitative estimate of drug-likeness (QED) is 0.899. The lowest BCUT2D eigenvalue weighted by molar-refractivity contribution is -0.140. The van der Waals surface area contributed by atoms with Gasteiger partial charge in [-0.15, -0.1) is 0 Å². The van der Waals surface area contributed by atoms with Gasteiger partial charge in [0.05, 0.1) is 0 Å². The molecule has 2 amide bonds. The number of carboxylic acid groups (broad SMARTS) is 1. The van der Waals surface area contributed by atoms with Gasteiger partial charge in [-0.05, 0) is 37.3 Å². The van der Waals surface area contributed by atoms with E-state index in [9.17, 15) is 14.7 Å². The maximum atomic E-state index is 12.5. The van der Waals surface area contributed by atoms with Gasteiger partial charge in [0, 0.05) is 11.7 Å². The smallest absolute Gasteiger partial charge is 0.326 e. The van der Waals surface area contributed by atoms with Crippen molar-refractivity contribution in [2.24, 2.45) is 5.92 Å². The van der Waals surface area contributed by atoms with Crippen LogP contribution >= 0.6 is 0 Å². The Morgan fingerprint density at radius 3 is 2.62 bits per heavy atom. The van der Waals surface area contributed by atoms with Crippen LogP contribution < -0.4 is 10.2 Å².